The van der Waals surface area contributed by atoms with Gasteiger partial charge in [0.1, 0.15) is 11.9 Å². The lowest BCUT2D eigenvalue weighted by Crippen LogP contribution is -2.46. The van der Waals surface area contributed by atoms with E-state index in [0.717, 1.165) is 36.2 Å². The molecule has 0 radical (unpaired) electrons. The maximum Gasteiger partial charge on any atom is 0.161 e. The quantitative estimate of drug-likeness (QED) is 0.756. The fourth-order valence-electron chi connectivity index (χ4n) is 3.74. The molecule has 0 saturated carbocycles. The normalized spacial score (nSPS) is 16.6. The summed E-state index contributed by atoms with van der Waals surface area (Å²) in [6.07, 6.45) is 1.64. The molecule has 1 aromatic heterocycles. The Morgan fingerprint density at radius 3 is 2.50 bits per heavy atom. The van der Waals surface area contributed by atoms with Crippen LogP contribution in [-0.4, -0.2) is 38.8 Å². The number of nitrogens with one attached hydrogen (secondary N) is 1. The van der Waals surface area contributed by atoms with Crippen LogP contribution in [0, 0.1) is 11.3 Å². The number of ether oxygens (including phenoxy) is 2. The Balaban J connectivity index is 1.79. The molecule has 0 bridgehead atoms. The topological polar surface area (TPSA) is 70.4 Å². The van der Waals surface area contributed by atoms with E-state index in [9.17, 15) is 5.26 Å². The van der Waals surface area contributed by atoms with E-state index in [1.54, 1.807) is 20.4 Å². The summed E-state index contributed by atoms with van der Waals surface area (Å²) >= 11 is 0. The minimum atomic E-state index is 0.225. The van der Waals surface area contributed by atoms with Crippen LogP contribution >= 0.6 is 0 Å². The first-order valence-electron chi connectivity index (χ1n) is 9.23. The Morgan fingerprint density at radius 1 is 1.11 bits per heavy atom. The summed E-state index contributed by atoms with van der Waals surface area (Å²) in [6, 6.07) is 16.6. The number of piperazine rings is 1. The van der Waals surface area contributed by atoms with Crippen molar-refractivity contribution in [3.63, 3.8) is 0 Å². The van der Waals surface area contributed by atoms with Crippen LogP contribution in [0.25, 0.3) is 10.8 Å². The lowest BCUT2D eigenvalue weighted by molar-refractivity contribution is 0.356. The van der Waals surface area contributed by atoms with Crippen molar-refractivity contribution in [3.05, 3.63) is 59.8 Å². The number of fused-ring (bicyclic) bond motifs is 1. The molecule has 1 aliphatic heterocycles. The molecule has 1 fully saturated rings. The number of rotatable bonds is 4. The van der Waals surface area contributed by atoms with Gasteiger partial charge in [-0.1, -0.05) is 30.3 Å². The van der Waals surface area contributed by atoms with Gasteiger partial charge in [-0.15, -0.1) is 0 Å². The van der Waals surface area contributed by atoms with E-state index in [4.69, 9.17) is 9.47 Å². The maximum absolute atomic E-state index is 9.53. The Labute approximate surface area is 164 Å². The highest BCUT2D eigenvalue weighted by molar-refractivity contribution is 5.98. The molecular weight excluding hydrogens is 352 g/mol. The summed E-state index contributed by atoms with van der Waals surface area (Å²) in [4.78, 5) is 6.91. The number of methoxy groups -OCH3 is 2. The number of anilines is 1. The largest absolute Gasteiger partial charge is 0.493 e. The van der Waals surface area contributed by atoms with E-state index >= 15 is 0 Å². The molecular formula is C22H22N4O2. The lowest BCUT2D eigenvalue weighted by atomic mass is 10.0. The molecule has 0 amide bonds. The Morgan fingerprint density at radius 2 is 1.82 bits per heavy atom. The van der Waals surface area contributed by atoms with Gasteiger partial charge in [-0.05, 0) is 17.7 Å². The number of nitrogens with zero attached hydrogens (tertiary/aromatic N) is 3. The molecule has 2 aromatic carbocycles. The highest BCUT2D eigenvalue weighted by Gasteiger charge is 2.24. The van der Waals surface area contributed by atoms with Crippen molar-refractivity contribution in [2.75, 3.05) is 38.8 Å². The van der Waals surface area contributed by atoms with Crippen molar-refractivity contribution in [1.29, 1.82) is 5.26 Å². The van der Waals surface area contributed by atoms with Crippen molar-refractivity contribution >= 4 is 16.6 Å². The van der Waals surface area contributed by atoms with Crippen LogP contribution < -0.4 is 19.7 Å². The summed E-state index contributed by atoms with van der Waals surface area (Å²) in [6.45, 7) is 2.49. The molecule has 3 aromatic rings. The van der Waals surface area contributed by atoms with Crippen LogP contribution in [0.5, 0.6) is 11.5 Å². The standard InChI is InChI=1S/C22H22N4O2/c1-27-20-10-17-16(12-23)13-25-22(18(17)11-21(20)28-2)26-9-8-24-19(14-26)15-6-4-3-5-7-15/h3-7,10-11,13,19,24H,8-9,14H2,1-2H3. The van der Waals surface area contributed by atoms with Gasteiger partial charge in [-0.2, -0.15) is 5.26 Å². The van der Waals surface area contributed by atoms with Crippen LogP contribution in [0.4, 0.5) is 5.82 Å². The SMILES string of the molecule is COc1cc2c(C#N)cnc(N3CCNC(c4ccccc4)C3)c2cc1OC. The Kier molecular flexibility index (Phi) is 5.00. The first kappa shape index (κ1) is 18.1. The van der Waals surface area contributed by atoms with E-state index in [1.165, 1.54) is 5.56 Å². The predicted molar refractivity (Wildman–Crippen MR) is 109 cm³/mol. The number of hydrogen-bond donors (Lipinski definition) is 1. The molecule has 142 valence electrons. The lowest BCUT2D eigenvalue weighted by Gasteiger charge is -2.35. The van der Waals surface area contributed by atoms with E-state index in [1.807, 2.05) is 18.2 Å². The zero-order valence-corrected chi connectivity index (χ0v) is 16.0. The van der Waals surface area contributed by atoms with Gasteiger partial charge in [0, 0.05) is 42.6 Å². The van der Waals surface area contributed by atoms with Crippen LogP contribution in [0.2, 0.25) is 0 Å². The van der Waals surface area contributed by atoms with E-state index in [2.05, 4.69) is 45.5 Å². The van der Waals surface area contributed by atoms with Crippen LogP contribution in [0.1, 0.15) is 17.2 Å². The van der Waals surface area contributed by atoms with E-state index in [0.29, 0.717) is 17.1 Å². The molecule has 4 rings (SSSR count). The predicted octanol–water partition coefficient (Wildman–Crippen LogP) is 3.27. The number of hydrogen-bond acceptors (Lipinski definition) is 6. The minimum absolute atomic E-state index is 0.225. The summed E-state index contributed by atoms with van der Waals surface area (Å²) in [5.41, 5.74) is 1.78. The number of pyridine rings is 1. The van der Waals surface area contributed by atoms with Crippen LogP contribution in [0.15, 0.2) is 48.7 Å². The number of aromatic nitrogens is 1. The van der Waals surface area contributed by atoms with Crippen molar-refractivity contribution in [2.24, 2.45) is 0 Å². The highest BCUT2D eigenvalue weighted by atomic mass is 16.5. The van der Waals surface area contributed by atoms with Crippen molar-refractivity contribution in [3.8, 4) is 17.6 Å². The van der Waals surface area contributed by atoms with Gasteiger partial charge in [-0.3, -0.25) is 0 Å². The third-order valence-corrected chi connectivity index (χ3v) is 5.17. The second-order valence-corrected chi connectivity index (χ2v) is 6.72. The van der Waals surface area contributed by atoms with Crippen LogP contribution in [-0.2, 0) is 0 Å². The number of nitriles is 1. The third kappa shape index (κ3) is 3.21. The van der Waals surface area contributed by atoms with Crippen molar-refractivity contribution in [2.45, 2.75) is 6.04 Å². The van der Waals surface area contributed by atoms with E-state index < -0.39 is 0 Å². The fourth-order valence-corrected chi connectivity index (χ4v) is 3.74. The van der Waals surface area contributed by atoms with Gasteiger partial charge in [0.05, 0.1) is 19.8 Å². The minimum Gasteiger partial charge on any atom is -0.493 e. The molecule has 2 heterocycles. The van der Waals surface area contributed by atoms with Gasteiger partial charge in [0.25, 0.3) is 0 Å². The molecule has 1 saturated heterocycles. The second-order valence-electron chi connectivity index (χ2n) is 6.72. The Bertz CT molecular complexity index is 1030. The molecule has 0 spiro atoms. The first-order valence-corrected chi connectivity index (χ1v) is 9.23. The molecule has 0 aliphatic carbocycles. The maximum atomic E-state index is 9.53. The summed E-state index contributed by atoms with van der Waals surface area (Å²) in [7, 11) is 3.21. The monoisotopic (exact) mass is 374 g/mol. The fraction of sp³-hybridized carbons (Fsp3) is 0.273. The second kappa shape index (κ2) is 7.75. The van der Waals surface area contributed by atoms with E-state index in [-0.39, 0.29) is 6.04 Å². The van der Waals surface area contributed by atoms with Crippen molar-refractivity contribution < 1.29 is 9.47 Å². The zero-order valence-electron chi connectivity index (χ0n) is 16.0. The van der Waals surface area contributed by atoms with Gasteiger partial charge < -0.3 is 19.7 Å². The summed E-state index contributed by atoms with van der Waals surface area (Å²) in [5, 5.41) is 14.8. The molecule has 6 nitrogen and oxygen atoms in total. The Hall–Kier alpha value is -3.30. The van der Waals surface area contributed by atoms with Gasteiger partial charge in [0.15, 0.2) is 11.5 Å². The van der Waals surface area contributed by atoms with Gasteiger partial charge >= 0.3 is 0 Å². The highest BCUT2D eigenvalue weighted by Crippen LogP contribution is 2.37. The van der Waals surface area contributed by atoms with Crippen molar-refractivity contribution in [1.82, 2.24) is 10.3 Å². The summed E-state index contributed by atoms with van der Waals surface area (Å²) in [5.74, 6) is 2.09. The third-order valence-electron chi connectivity index (χ3n) is 5.17. The zero-order chi connectivity index (χ0) is 19.5. The molecule has 1 N–H and O–H groups in total. The molecule has 28 heavy (non-hydrogen) atoms. The molecule has 1 atom stereocenters. The number of benzene rings is 2. The average molecular weight is 374 g/mol. The smallest absolute Gasteiger partial charge is 0.161 e. The average Bonchev–Trinajstić information content (AvgIpc) is 2.78. The van der Waals surface area contributed by atoms with Crippen LogP contribution in [0.3, 0.4) is 0 Å². The summed E-state index contributed by atoms with van der Waals surface area (Å²) < 4.78 is 10.9. The van der Waals surface area contributed by atoms with Gasteiger partial charge in [0.2, 0.25) is 0 Å². The first-order chi connectivity index (χ1) is 13.7. The molecule has 6 heteroatoms. The molecule has 1 aliphatic rings. The van der Waals surface area contributed by atoms with Gasteiger partial charge in [-0.25, -0.2) is 4.98 Å². The molecule has 1 unspecified atom stereocenters.